The third kappa shape index (κ3) is 3.14. The number of carbonyl (C=O) groups excluding carboxylic acids is 4. The molecule has 0 spiro atoms. The lowest BCUT2D eigenvalue weighted by Crippen LogP contribution is -2.29. The van der Waals surface area contributed by atoms with E-state index >= 15 is 0 Å². The van der Waals surface area contributed by atoms with Crippen LogP contribution in [0.1, 0.15) is 31.1 Å². The first-order valence-electron chi connectivity index (χ1n) is 7.23. The van der Waals surface area contributed by atoms with E-state index in [1.54, 1.807) is 0 Å². The minimum atomic E-state index is -0.833. The van der Waals surface area contributed by atoms with Crippen LogP contribution in [0.25, 0.3) is 0 Å². The summed E-state index contributed by atoms with van der Waals surface area (Å²) >= 11 is 11.8. The molecule has 2 N–H and O–H groups in total. The SMILES string of the molecule is NC(=O)COC(=O)c1ccc2c(c1)C(=O)N(c1ccc(Cl)c(Cl)c1)C2=O. The van der Waals surface area contributed by atoms with E-state index in [1.165, 1.54) is 36.4 Å². The Morgan fingerprint density at radius 3 is 2.31 bits per heavy atom. The van der Waals surface area contributed by atoms with Gasteiger partial charge in [0.25, 0.3) is 17.7 Å². The third-order valence-electron chi connectivity index (χ3n) is 3.63. The van der Waals surface area contributed by atoms with Crippen LogP contribution in [-0.2, 0) is 9.53 Å². The highest BCUT2D eigenvalue weighted by atomic mass is 35.5. The van der Waals surface area contributed by atoms with Crippen molar-refractivity contribution in [1.82, 2.24) is 0 Å². The van der Waals surface area contributed by atoms with E-state index in [-0.39, 0.29) is 32.4 Å². The number of carbonyl (C=O) groups is 4. The van der Waals surface area contributed by atoms with Gasteiger partial charge in [0.05, 0.1) is 32.4 Å². The van der Waals surface area contributed by atoms with Crippen LogP contribution in [0.3, 0.4) is 0 Å². The second-order valence-corrected chi connectivity index (χ2v) is 6.16. The van der Waals surface area contributed by atoms with Crippen LogP contribution < -0.4 is 10.6 Å². The highest BCUT2D eigenvalue weighted by Crippen LogP contribution is 2.33. The van der Waals surface area contributed by atoms with Gasteiger partial charge in [0.2, 0.25) is 0 Å². The molecule has 0 aliphatic carbocycles. The standard InChI is InChI=1S/C17H10Cl2N2O5/c18-12-4-2-9(6-13(12)19)21-15(23)10-3-1-8(5-11(10)16(21)24)17(25)26-7-14(20)22/h1-6H,7H2,(H2,20,22). The van der Waals surface area contributed by atoms with Crippen LogP contribution in [0.15, 0.2) is 36.4 Å². The molecule has 3 rings (SSSR count). The number of benzene rings is 2. The molecule has 0 aromatic heterocycles. The Kier molecular flexibility index (Phi) is 4.67. The molecule has 1 aliphatic rings. The number of fused-ring (bicyclic) bond motifs is 1. The zero-order valence-electron chi connectivity index (χ0n) is 13.0. The van der Waals surface area contributed by atoms with Crippen molar-refractivity contribution in [2.75, 3.05) is 11.5 Å². The molecule has 0 saturated heterocycles. The summed E-state index contributed by atoms with van der Waals surface area (Å²) in [6.45, 7) is -0.585. The van der Waals surface area contributed by atoms with Crippen molar-refractivity contribution in [3.8, 4) is 0 Å². The van der Waals surface area contributed by atoms with Crippen molar-refractivity contribution in [1.29, 1.82) is 0 Å². The van der Waals surface area contributed by atoms with Crippen LogP contribution in [0.5, 0.6) is 0 Å². The second-order valence-electron chi connectivity index (χ2n) is 5.35. The molecule has 0 saturated carbocycles. The summed E-state index contributed by atoms with van der Waals surface area (Å²) in [7, 11) is 0. The fourth-order valence-electron chi connectivity index (χ4n) is 2.45. The summed E-state index contributed by atoms with van der Waals surface area (Å²) < 4.78 is 4.70. The number of anilines is 1. The Morgan fingerprint density at radius 2 is 1.65 bits per heavy atom. The van der Waals surface area contributed by atoms with Gasteiger partial charge < -0.3 is 10.5 Å². The summed E-state index contributed by atoms with van der Waals surface area (Å²) in [4.78, 5) is 48.7. The number of halogens is 2. The maximum Gasteiger partial charge on any atom is 0.338 e. The van der Waals surface area contributed by atoms with Crippen molar-refractivity contribution in [2.45, 2.75) is 0 Å². The molecule has 9 heteroatoms. The summed E-state index contributed by atoms with van der Waals surface area (Å²) in [6.07, 6.45) is 0. The average molecular weight is 393 g/mol. The van der Waals surface area contributed by atoms with Gasteiger partial charge in [-0.05, 0) is 36.4 Å². The van der Waals surface area contributed by atoms with Gasteiger partial charge >= 0.3 is 5.97 Å². The fourth-order valence-corrected chi connectivity index (χ4v) is 2.74. The van der Waals surface area contributed by atoms with Crippen molar-refractivity contribution in [2.24, 2.45) is 5.73 Å². The third-order valence-corrected chi connectivity index (χ3v) is 4.37. The monoisotopic (exact) mass is 392 g/mol. The van der Waals surface area contributed by atoms with Crippen molar-refractivity contribution in [3.63, 3.8) is 0 Å². The molecule has 132 valence electrons. The van der Waals surface area contributed by atoms with Gasteiger partial charge in [-0.3, -0.25) is 14.4 Å². The van der Waals surface area contributed by atoms with E-state index in [0.29, 0.717) is 0 Å². The van der Waals surface area contributed by atoms with Crippen LogP contribution in [0.4, 0.5) is 5.69 Å². The van der Waals surface area contributed by atoms with Crippen LogP contribution in [0, 0.1) is 0 Å². The first kappa shape index (κ1) is 17.9. The maximum atomic E-state index is 12.6. The molecular formula is C17H10Cl2N2O5. The zero-order chi connectivity index (χ0) is 19.0. The topological polar surface area (TPSA) is 107 Å². The van der Waals surface area contributed by atoms with E-state index in [9.17, 15) is 19.2 Å². The van der Waals surface area contributed by atoms with Gasteiger partial charge in [-0.25, -0.2) is 9.69 Å². The largest absolute Gasteiger partial charge is 0.452 e. The number of esters is 1. The molecule has 0 atom stereocenters. The van der Waals surface area contributed by atoms with Crippen LogP contribution >= 0.6 is 23.2 Å². The lowest BCUT2D eigenvalue weighted by atomic mass is 10.1. The molecule has 3 amide bonds. The van der Waals surface area contributed by atoms with Gasteiger partial charge in [-0.15, -0.1) is 0 Å². The number of hydrogen-bond acceptors (Lipinski definition) is 5. The number of rotatable bonds is 4. The maximum absolute atomic E-state index is 12.6. The lowest BCUT2D eigenvalue weighted by molar-refractivity contribution is -0.121. The number of hydrogen-bond donors (Lipinski definition) is 1. The number of imide groups is 1. The Balaban J connectivity index is 1.93. The Morgan fingerprint density at radius 1 is 0.962 bits per heavy atom. The van der Waals surface area contributed by atoms with E-state index in [0.717, 1.165) is 4.90 Å². The van der Waals surface area contributed by atoms with Gasteiger partial charge in [0, 0.05) is 0 Å². The zero-order valence-corrected chi connectivity index (χ0v) is 14.5. The smallest absolute Gasteiger partial charge is 0.338 e. The van der Waals surface area contributed by atoms with Crippen LogP contribution in [0.2, 0.25) is 10.0 Å². The number of amides is 3. The Labute approximate surface area is 157 Å². The number of nitrogens with two attached hydrogens (primary N) is 1. The van der Waals surface area contributed by atoms with E-state index < -0.39 is 30.3 Å². The minimum absolute atomic E-state index is 0.0159. The predicted molar refractivity (Wildman–Crippen MR) is 93.5 cm³/mol. The quantitative estimate of drug-likeness (QED) is 0.634. The van der Waals surface area contributed by atoms with Crippen molar-refractivity contribution < 1.29 is 23.9 Å². The molecular weight excluding hydrogens is 383 g/mol. The lowest BCUT2D eigenvalue weighted by Gasteiger charge is -2.14. The fraction of sp³-hybridized carbons (Fsp3) is 0.0588. The van der Waals surface area contributed by atoms with Crippen molar-refractivity contribution >= 4 is 52.6 Å². The van der Waals surface area contributed by atoms with Gasteiger partial charge in [0.15, 0.2) is 6.61 Å². The first-order valence-corrected chi connectivity index (χ1v) is 7.98. The Bertz CT molecular complexity index is 974. The van der Waals surface area contributed by atoms with E-state index in [4.69, 9.17) is 33.7 Å². The molecule has 1 aliphatic heterocycles. The number of nitrogens with zero attached hydrogens (tertiary/aromatic N) is 1. The molecule has 0 fully saturated rings. The van der Waals surface area contributed by atoms with Gasteiger partial charge in [-0.2, -0.15) is 0 Å². The number of primary amides is 1. The molecule has 2 aromatic rings. The predicted octanol–water partition coefficient (Wildman–Crippen LogP) is 2.44. The van der Waals surface area contributed by atoms with Crippen molar-refractivity contribution in [3.05, 3.63) is 63.1 Å². The van der Waals surface area contributed by atoms with Gasteiger partial charge in [-0.1, -0.05) is 23.2 Å². The molecule has 1 heterocycles. The molecule has 26 heavy (non-hydrogen) atoms. The molecule has 2 aromatic carbocycles. The highest BCUT2D eigenvalue weighted by molar-refractivity contribution is 6.42. The molecule has 0 bridgehead atoms. The summed E-state index contributed by atoms with van der Waals surface area (Å²) in [5.74, 6) is -2.82. The summed E-state index contributed by atoms with van der Waals surface area (Å²) in [5.41, 5.74) is 5.35. The summed E-state index contributed by atoms with van der Waals surface area (Å²) in [6, 6.07) is 8.25. The second kappa shape index (κ2) is 6.78. The minimum Gasteiger partial charge on any atom is -0.452 e. The van der Waals surface area contributed by atoms with Gasteiger partial charge in [0.1, 0.15) is 0 Å². The van der Waals surface area contributed by atoms with E-state index in [2.05, 4.69) is 0 Å². The summed E-state index contributed by atoms with van der Waals surface area (Å²) in [5, 5.41) is 0.475. The molecule has 7 nitrogen and oxygen atoms in total. The van der Waals surface area contributed by atoms with Crippen LogP contribution in [-0.4, -0.2) is 30.3 Å². The Hall–Kier alpha value is -2.90. The molecule has 0 radical (unpaired) electrons. The molecule has 0 unspecified atom stereocenters. The highest BCUT2D eigenvalue weighted by Gasteiger charge is 2.37. The first-order chi connectivity index (χ1) is 12.3. The number of ether oxygens (including phenoxy) is 1. The normalized spacial score (nSPS) is 12.9. The van der Waals surface area contributed by atoms with E-state index in [1.807, 2.05) is 0 Å². The average Bonchev–Trinajstić information content (AvgIpc) is 2.86.